The molecule has 0 aromatic heterocycles. The molecule has 0 radical (unpaired) electrons. The Bertz CT molecular complexity index is 294. The van der Waals surface area contributed by atoms with Crippen molar-refractivity contribution in [2.75, 3.05) is 19.8 Å². The molecule has 4 heteroatoms. The summed E-state index contributed by atoms with van der Waals surface area (Å²) in [6.45, 7) is 3.43. The van der Waals surface area contributed by atoms with Gasteiger partial charge in [0.15, 0.2) is 0 Å². The van der Waals surface area contributed by atoms with Crippen LogP contribution < -0.4 is 10.5 Å². The van der Waals surface area contributed by atoms with Crippen LogP contribution in [0.25, 0.3) is 0 Å². The zero-order chi connectivity index (χ0) is 11.1. The van der Waals surface area contributed by atoms with E-state index in [9.17, 15) is 0 Å². The average molecular weight is 230 g/mol. The number of ether oxygens (including phenoxy) is 2. The molecule has 1 aromatic rings. The molecule has 0 fully saturated rings. The van der Waals surface area contributed by atoms with Gasteiger partial charge in [0, 0.05) is 13.2 Å². The van der Waals surface area contributed by atoms with Crippen molar-refractivity contribution in [1.82, 2.24) is 0 Å². The Balaban J connectivity index is 2.45. The van der Waals surface area contributed by atoms with Gasteiger partial charge in [-0.25, -0.2) is 0 Å². The molecule has 0 aliphatic heterocycles. The van der Waals surface area contributed by atoms with Gasteiger partial charge < -0.3 is 15.2 Å². The van der Waals surface area contributed by atoms with Crippen LogP contribution in [0.2, 0.25) is 5.02 Å². The number of halogens is 1. The van der Waals surface area contributed by atoms with Gasteiger partial charge in [-0.2, -0.15) is 0 Å². The van der Waals surface area contributed by atoms with Crippen LogP contribution in [0.15, 0.2) is 24.3 Å². The average Bonchev–Trinajstić information content (AvgIpc) is 2.26. The van der Waals surface area contributed by atoms with E-state index < -0.39 is 0 Å². The topological polar surface area (TPSA) is 44.5 Å². The predicted octanol–water partition coefficient (Wildman–Crippen LogP) is 2.08. The Morgan fingerprint density at radius 3 is 2.73 bits per heavy atom. The highest BCUT2D eigenvalue weighted by molar-refractivity contribution is 6.32. The highest BCUT2D eigenvalue weighted by Gasteiger charge is 2.08. The lowest BCUT2D eigenvalue weighted by atomic mass is 10.3. The Labute approximate surface area is 95.1 Å². The van der Waals surface area contributed by atoms with Gasteiger partial charge in [0.2, 0.25) is 0 Å². The second kappa shape index (κ2) is 6.67. The Hall–Kier alpha value is -0.770. The van der Waals surface area contributed by atoms with Crippen molar-refractivity contribution in [1.29, 1.82) is 0 Å². The Morgan fingerprint density at radius 1 is 1.40 bits per heavy atom. The first kappa shape index (κ1) is 12.3. The van der Waals surface area contributed by atoms with Crippen molar-refractivity contribution in [3.63, 3.8) is 0 Å². The third-order valence-electron chi connectivity index (χ3n) is 1.93. The standard InChI is InChI=1S/C11H16ClNO2/c1-2-14-9(7-13)8-15-11-6-4-3-5-10(11)12/h3-6,9H,2,7-8,13H2,1H3. The molecule has 0 saturated heterocycles. The molecule has 0 aliphatic rings. The van der Waals surface area contributed by atoms with E-state index in [0.29, 0.717) is 30.5 Å². The van der Waals surface area contributed by atoms with Gasteiger partial charge in [0.1, 0.15) is 18.5 Å². The summed E-state index contributed by atoms with van der Waals surface area (Å²) in [6, 6.07) is 7.34. The van der Waals surface area contributed by atoms with Crippen LogP contribution in [0, 0.1) is 0 Å². The van der Waals surface area contributed by atoms with Crippen molar-refractivity contribution in [2.45, 2.75) is 13.0 Å². The molecule has 1 atom stereocenters. The van der Waals surface area contributed by atoms with Crippen LogP contribution in [0.1, 0.15) is 6.92 Å². The van der Waals surface area contributed by atoms with Crippen LogP contribution in [0.4, 0.5) is 0 Å². The summed E-state index contributed by atoms with van der Waals surface area (Å²) in [6.07, 6.45) is -0.0775. The first-order valence-electron chi connectivity index (χ1n) is 4.97. The normalized spacial score (nSPS) is 12.5. The van der Waals surface area contributed by atoms with E-state index in [1.54, 1.807) is 6.07 Å². The molecular weight excluding hydrogens is 214 g/mol. The summed E-state index contributed by atoms with van der Waals surface area (Å²) < 4.78 is 10.9. The van der Waals surface area contributed by atoms with E-state index in [2.05, 4.69) is 0 Å². The van der Waals surface area contributed by atoms with Gasteiger partial charge in [-0.05, 0) is 19.1 Å². The first-order chi connectivity index (χ1) is 7.27. The molecule has 0 amide bonds. The third-order valence-corrected chi connectivity index (χ3v) is 2.24. The van der Waals surface area contributed by atoms with Gasteiger partial charge in [-0.3, -0.25) is 0 Å². The fraction of sp³-hybridized carbons (Fsp3) is 0.455. The summed E-state index contributed by atoms with van der Waals surface area (Å²) in [7, 11) is 0. The molecule has 0 aliphatic carbocycles. The lowest BCUT2D eigenvalue weighted by Gasteiger charge is -2.16. The minimum Gasteiger partial charge on any atom is -0.489 e. The van der Waals surface area contributed by atoms with Crippen LogP contribution in [-0.4, -0.2) is 25.9 Å². The fourth-order valence-electron chi connectivity index (χ4n) is 1.16. The second-order valence-corrected chi connectivity index (χ2v) is 3.46. The summed E-state index contributed by atoms with van der Waals surface area (Å²) in [4.78, 5) is 0. The number of benzene rings is 1. The second-order valence-electron chi connectivity index (χ2n) is 3.05. The maximum absolute atomic E-state index is 5.93. The van der Waals surface area contributed by atoms with Crippen LogP contribution >= 0.6 is 11.6 Å². The molecular formula is C11H16ClNO2. The zero-order valence-electron chi connectivity index (χ0n) is 8.78. The molecule has 0 bridgehead atoms. The summed E-state index contributed by atoms with van der Waals surface area (Å²) in [5.74, 6) is 0.664. The van der Waals surface area contributed by atoms with E-state index in [1.807, 2.05) is 25.1 Å². The third kappa shape index (κ3) is 4.08. The minimum absolute atomic E-state index is 0.0775. The molecule has 2 N–H and O–H groups in total. The summed E-state index contributed by atoms with van der Waals surface area (Å²) in [5, 5.41) is 0.602. The largest absolute Gasteiger partial charge is 0.489 e. The summed E-state index contributed by atoms with van der Waals surface area (Å²) in [5.41, 5.74) is 5.52. The summed E-state index contributed by atoms with van der Waals surface area (Å²) >= 11 is 5.93. The fourth-order valence-corrected chi connectivity index (χ4v) is 1.35. The van der Waals surface area contributed by atoms with Gasteiger partial charge in [0.05, 0.1) is 5.02 Å². The van der Waals surface area contributed by atoms with E-state index >= 15 is 0 Å². The zero-order valence-corrected chi connectivity index (χ0v) is 9.54. The molecule has 0 saturated carbocycles. The number of para-hydroxylation sites is 1. The first-order valence-corrected chi connectivity index (χ1v) is 5.34. The molecule has 1 unspecified atom stereocenters. The molecule has 84 valence electrons. The van der Waals surface area contributed by atoms with Crippen molar-refractivity contribution in [3.05, 3.63) is 29.3 Å². The van der Waals surface area contributed by atoms with Crippen molar-refractivity contribution in [3.8, 4) is 5.75 Å². The van der Waals surface area contributed by atoms with Crippen molar-refractivity contribution < 1.29 is 9.47 Å². The SMILES string of the molecule is CCOC(CN)COc1ccccc1Cl. The molecule has 0 heterocycles. The van der Waals surface area contributed by atoms with E-state index in [1.165, 1.54) is 0 Å². The van der Waals surface area contributed by atoms with Gasteiger partial charge in [-0.1, -0.05) is 23.7 Å². The lowest BCUT2D eigenvalue weighted by molar-refractivity contribution is 0.0337. The maximum atomic E-state index is 5.93. The number of rotatable bonds is 6. The van der Waals surface area contributed by atoms with Crippen molar-refractivity contribution in [2.24, 2.45) is 5.73 Å². The van der Waals surface area contributed by atoms with E-state index in [-0.39, 0.29) is 6.10 Å². The Kier molecular flexibility index (Phi) is 5.47. The van der Waals surface area contributed by atoms with Gasteiger partial charge >= 0.3 is 0 Å². The van der Waals surface area contributed by atoms with E-state index in [4.69, 9.17) is 26.8 Å². The quantitative estimate of drug-likeness (QED) is 0.813. The van der Waals surface area contributed by atoms with Gasteiger partial charge in [0.25, 0.3) is 0 Å². The highest BCUT2D eigenvalue weighted by atomic mass is 35.5. The smallest absolute Gasteiger partial charge is 0.138 e. The number of hydrogen-bond acceptors (Lipinski definition) is 3. The highest BCUT2D eigenvalue weighted by Crippen LogP contribution is 2.23. The van der Waals surface area contributed by atoms with Crippen LogP contribution in [0.3, 0.4) is 0 Å². The molecule has 1 aromatic carbocycles. The monoisotopic (exact) mass is 229 g/mol. The Morgan fingerprint density at radius 2 is 2.13 bits per heavy atom. The van der Waals surface area contributed by atoms with Crippen LogP contribution in [0.5, 0.6) is 5.75 Å². The number of nitrogens with two attached hydrogens (primary N) is 1. The van der Waals surface area contributed by atoms with E-state index in [0.717, 1.165) is 0 Å². The van der Waals surface area contributed by atoms with Crippen LogP contribution in [-0.2, 0) is 4.74 Å². The molecule has 0 spiro atoms. The lowest BCUT2D eigenvalue weighted by Crippen LogP contribution is -2.30. The predicted molar refractivity (Wildman–Crippen MR) is 61.4 cm³/mol. The molecule has 1 rings (SSSR count). The molecule has 3 nitrogen and oxygen atoms in total. The number of hydrogen-bond donors (Lipinski definition) is 1. The minimum atomic E-state index is -0.0775. The van der Waals surface area contributed by atoms with Crippen molar-refractivity contribution >= 4 is 11.6 Å². The molecule has 15 heavy (non-hydrogen) atoms. The van der Waals surface area contributed by atoms with Gasteiger partial charge in [-0.15, -0.1) is 0 Å². The maximum Gasteiger partial charge on any atom is 0.138 e.